The minimum Gasteiger partial charge on any atom is -0.456 e. The average molecular weight is 468 g/mol. The lowest BCUT2D eigenvalue weighted by Gasteiger charge is -2.17. The van der Waals surface area contributed by atoms with E-state index in [1.807, 2.05) is 25.3 Å². The van der Waals surface area contributed by atoms with Gasteiger partial charge in [0, 0.05) is 10.6 Å². The summed E-state index contributed by atoms with van der Waals surface area (Å²) >= 11 is 13.5. The minimum absolute atomic E-state index is 0.183. The molecule has 0 radical (unpaired) electrons. The van der Waals surface area contributed by atoms with Crippen LogP contribution in [0.3, 0.4) is 0 Å². The van der Waals surface area contributed by atoms with Gasteiger partial charge in [-0.25, -0.2) is 4.79 Å². The number of hydrogen-bond donors (Lipinski definition) is 1. The fraction of sp³-hybridized carbons (Fsp3) is 0.318. The van der Waals surface area contributed by atoms with Crippen LogP contribution in [0.25, 0.3) is 0 Å². The molecule has 0 bridgehead atoms. The van der Waals surface area contributed by atoms with Crippen LogP contribution in [0, 0.1) is 0 Å². The van der Waals surface area contributed by atoms with Crippen LogP contribution in [0.15, 0.2) is 42.5 Å². The molecule has 160 valence electrons. The second-order valence-corrected chi connectivity index (χ2v) is 8.34. The molecule has 2 aromatic rings. The van der Waals surface area contributed by atoms with Gasteiger partial charge in [0.1, 0.15) is 6.04 Å². The number of benzene rings is 2. The van der Waals surface area contributed by atoms with E-state index in [-0.39, 0.29) is 16.4 Å². The number of ketones is 1. The van der Waals surface area contributed by atoms with Gasteiger partial charge in [-0.15, -0.1) is 0 Å². The molecule has 1 amide bonds. The van der Waals surface area contributed by atoms with E-state index in [0.717, 1.165) is 12.0 Å². The van der Waals surface area contributed by atoms with Crippen LogP contribution >= 0.6 is 35.0 Å². The fourth-order valence-corrected chi connectivity index (χ4v) is 3.61. The molecule has 1 unspecified atom stereocenters. The molecule has 0 heterocycles. The van der Waals surface area contributed by atoms with E-state index in [4.69, 9.17) is 27.9 Å². The maximum atomic E-state index is 12.6. The molecule has 0 aliphatic rings. The van der Waals surface area contributed by atoms with Gasteiger partial charge in [0.05, 0.1) is 10.6 Å². The number of esters is 1. The smallest absolute Gasteiger partial charge is 0.329 e. The first-order valence-corrected chi connectivity index (χ1v) is 11.5. The van der Waals surface area contributed by atoms with Crippen LogP contribution in [0.2, 0.25) is 10.0 Å². The zero-order valence-corrected chi connectivity index (χ0v) is 19.1. The van der Waals surface area contributed by atoms with Crippen LogP contribution in [0.4, 0.5) is 0 Å². The number of Topliss-reactive ketones (excluding diaryl/α,β-unsaturated/α-hetero) is 1. The zero-order valence-electron chi connectivity index (χ0n) is 16.7. The molecule has 2 aromatic carbocycles. The first-order valence-electron chi connectivity index (χ1n) is 9.39. The van der Waals surface area contributed by atoms with Crippen molar-refractivity contribution in [1.29, 1.82) is 0 Å². The van der Waals surface area contributed by atoms with Crippen molar-refractivity contribution in [3.63, 3.8) is 0 Å². The van der Waals surface area contributed by atoms with Crippen LogP contribution in [-0.2, 0) is 16.0 Å². The van der Waals surface area contributed by atoms with Crippen molar-refractivity contribution in [2.75, 3.05) is 18.6 Å². The highest BCUT2D eigenvalue weighted by molar-refractivity contribution is 7.98. The molecule has 0 spiro atoms. The van der Waals surface area contributed by atoms with Crippen molar-refractivity contribution in [2.24, 2.45) is 0 Å². The maximum absolute atomic E-state index is 12.6. The zero-order chi connectivity index (χ0) is 22.1. The number of amides is 1. The lowest BCUT2D eigenvalue weighted by Crippen LogP contribution is -2.42. The number of nitrogens with one attached hydrogen (secondary N) is 1. The fourth-order valence-electron chi connectivity index (χ4n) is 2.64. The number of carbonyl (C=O) groups excluding carboxylic acids is 3. The minimum atomic E-state index is -0.896. The molecule has 0 aliphatic carbocycles. The Morgan fingerprint density at radius 2 is 1.80 bits per heavy atom. The highest BCUT2D eigenvalue weighted by Gasteiger charge is 2.24. The van der Waals surface area contributed by atoms with Gasteiger partial charge in [0.15, 0.2) is 12.4 Å². The summed E-state index contributed by atoms with van der Waals surface area (Å²) in [6.07, 6.45) is 3.12. The van der Waals surface area contributed by atoms with Crippen LogP contribution < -0.4 is 5.32 Å². The molecule has 0 saturated heterocycles. The predicted octanol–water partition coefficient (Wildman–Crippen LogP) is 4.83. The van der Waals surface area contributed by atoms with Crippen LogP contribution in [0.5, 0.6) is 0 Å². The molecule has 0 fully saturated rings. The van der Waals surface area contributed by atoms with Crippen molar-refractivity contribution < 1.29 is 19.1 Å². The molecular formula is C22H23Cl2NO4S. The highest BCUT2D eigenvalue weighted by atomic mass is 35.5. The van der Waals surface area contributed by atoms with Gasteiger partial charge in [0.25, 0.3) is 5.91 Å². The largest absolute Gasteiger partial charge is 0.456 e. The molecule has 8 heteroatoms. The van der Waals surface area contributed by atoms with E-state index in [0.29, 0.717) is 22.8 Å². The van der Waals surface area contributed by atoms with Crippen molar-refractivity contribution in [3.8, 4) is 0 Å². The molecular weight excluding hydrogens is 445 g/mol. The van der Waals surface area contributed by atoms with Gasteiger partial charge in [-0.2, -0.15) is 11.8 Å². The molecule has 0 aliphatic heterocycles. The standard InChI is InChI=1S/C22H23Cl2NO4S/c1-3-14-4-6-15(7-5-14)20(26)13-29-22(28)19(10-11-30-2)25-21(27)17-9-8-16(23)12-18(17)24/h4-9,12,19H,3,10-11,13H2,1-2H3,(H,25,27). The van der Waals surface area contributed by atoms with Gasteiger partial charge < -0.3 is 10.1 Å². The average Bonchev–Trinajstić information content (AvgIpc) is 2.74. The van der Waals surface area contributed by atoms with Crippen LogP contribution in [-0.4, -0.2) is 42.3 Å². The summed E-state index contributed by atoms with van der Waals surface area (Å²) in [5, 5.41) is 3.23. The monoisotopic (exact) mass is 467 g/mol. The highest BCUT2D eigenvalue weighted by Crippen LogP contribution is 2.21. The Hall–Kier alpha value is -2.02. The molecule has 1 atom stereocenters. The normalized spacial score (nSPS) is 11.6. The summed E-state index contributed by atoms with van der Waals surface area (Å²) in [5.41, 5.74) is 1.79. The Morgan fingerprint density at radius 3 is 2.40 bits per heavy atom. The summed E-state index contributed by atoms with van der Waals surface area (Å²) in [5.74, 6) is -0.857. The number of halogens is 2. The van der Waals surface area contributed by atoms with E-state index < -0.39 is 24.5 Å². The summed E-state index contributed by atoms with van der Waals surface area (Å²) < 4.78 is 5.19. The summed E-state index contributed by atoms with van der Waals surface area (Å²) in [6, 6.07) is 10.7. The third kappa shape index (κ3) is 7.04. The quantitative estimate of drug-likeness (QED) is 0.399. The van der Waals surface area contributed by atoms with E-state index in [2.05, 4.69) is 5.32 Å². The molecule has 2 rings (SSSR count). The molecule has 0 aromatic heterocycles. The van der Waals surface area contributed by atoms with E-state index in [1.54, 1.807) is 18.2 Å². The van der Waals surface area contributed by atoms with Gasteiger partial charge in [-0.05, 0) is 48.6 Å². The third-order valence-corrected chi connectivity index (χ3v) is 5.60. The molecule has 0 saturated carbocycles. The van der Waals surface area contributed by atoms with Crippen LogP contribution in [0.1, 0.15) is 39.6 Å². The van der Waals surface area contributed by atoms with E-state index in [1.165, 1.54) is 23.9 Å². The van der Waals surface area contributed by atoms with Crippen molar-refractivity contribution in [3.05, 3.63) is 69.2 Å². The predicted molar refractivity (Wildman–Crippen MR) is 122 cm³/mol. The number of thioether (sulfide) groups is 1. The number of aryl methyl sites for hydroxylation is 1. The SMILES string of the molecule is CCc1ccc(C(=O)COC(=O)C(CCSC)NC(=O)c2ccc(Cl)cc2Cl)cc1. The molecule has 5 nitrogen and oxygen atoms in total. The van der Waals surface area contributed by atoms with Gasteiger partial charge >= 0.3 is 5.97 Å². The van der Waals surface area contributed by atoms with Crippen molar-refractivity contribution in [2.45, 2.75) is 25.8 Å². The topological polar surface area (TPSA) is 72.5 Å². The molecule has 30 heavy (non-hydrogen) atoms. The van der Waals surface area contributed by atoms with Gasteiger partial charge in [0.2, 0.25) is 0 Å². The number of hydrogen-bond acceptors (Lipinski definition) is 5. The molecule has 1 N–H and O–H groups in total. The number of carbonyl (C=O) groups is 3. The third-order valence-electron chi connectivity index (χ3n) is 4.41. The van der Waals surface area contributed by atoms with Crippen molar-refractivity contribution in [1.82, 2.24) is 5.32 Å². The Labute approximate surface area is 190 Å². The summed E-state index contributed by atoms with van der Waals surface area (Å²) in [6.45, 7) is 1.64. The first kappa shape index (κ1) is 24.3. The summed E-state index contributed by atoms with van der Waals surface area (Å²) in [4.78, 5) is 37.4. The summed E-state index contributed by atoms with van der Waals surface area (Å²) in [7, 11) is 0. The lowest BCUT2D eigenvalue weighted by atomic mass is 10.1. The maximum Gasteiger partial charge on any atom is 0.329 e. The van der Waals surface area contributed by atoms with E-state index >= 15 is 0 Å². The first-order chi connectivity index (χ1) is 14.3. The second kappa shape index (κ2) is 12.0. The number of ether oxygens (including phenoxy) is 1. The number of rotatable bonds is 10. The van der Waals surface area contributed by atoms with Gasteiger partial charge in [-0.1, -0.05) is 54.4 Å². The Bertz CT molecular complexity index is 903. The van der Waals surface area contributed by atoms with Gasteiger partial charge in [-0.3, -0.25) is 9.59 Å². The Morgan fingerprint density at radius 1 is 1.10 bits per heavy atom. The Balaban J connectivity index is 2.01. The van der Waals surface area contributed by atoms with E-state index in [9.17, 15) is 14.4 Å². The second-order valence-electron chi connectivity index (χ2n) is 6.51. The lowest BCUT2D eigenvalue weighted by molar-refractivity contribution is -0.144. The van der Waals surface area contributed by atoms with Crippen molar-refractivity contribution >= 4 is 52.6 Å². The Kier molecular flexibility index (Phi) is 9.69.